The van der Waals surface area contributed by atoms with E-state index < -0.39 is 24.1 Å². The summed E-state index contributed by atoms with van der Waals surface area (Å²) in [6.45, 7) is 1.81. The smallest absolute Gasteiger partial charge is 0.328 e. The highest BCUT2D eigenvalue weighted by Gasteiger charge is 2.26. The summed E-state index contributed by atoms with van der Waals surface area (Å²) in [4.78, 5) is 25.2. The van der Waals surface area contributed by atoms with Gasteiger partial charge in [0, 0.05) is 18.5 Å². The third kappa shape index (κ3) is 4.88. The minimum Gasteiger partial charge on any atom is -0.480 e. The molecular formula is C12H18N2O4S. The van der Waals surface area contributed by atoms with Gasteiger partial charge in [-0.3, -0.25) is 0 Å². The molecule has 1 heterocycles. The molecule has 2 atom stereocenters. The lowest BCUT2D eigenvalue weighted by atomic mass is 10.2. The molecule has 7 heteroatoms. The molecule has 0 saturated heterocycles. The number of aliphatic hydroxyl groups excluding tert-OH is 1. The van der Waals surface area contributed by atoms with Crippen LogP contribution in [0.25, 0.3) is 0 Å². The number of carbonyl (C=O) groups excluding carboxylic acids is 1. The van der Waals surface area contributed by atoms with E-state index in [0.29, 0.717) is 13.0 Å². The highest BCUT2D eigenvalue weighted by molar-refractivity contribution is 7.09. The Balaban J connectivity index is 2.45. The fraction of sp³-hybridized carbons (Fsp3) is 0.500. The van der Waals surface area contributed by atoms with Gasteiger partial charge in [0.2, 0.25) is 0 Å². The number of carboxylic acid groups (broad SMARTS) is 1. The van der Waals surface area contributed by atoms with Crippen LogP contribution in [0.15, 0.2) is 17.5 Å². The van der Waals surface area contributed by atoms with Crippen molar-refractivity contribution >= 4 is 23.3 Å². The summed E-state index contributed by atoms with van der Waals surface area (Å²) < 4.78 is 0. The van der Waals surface area contributed by atoms with E-state index in [-0.39, 0.29) is 0 Å². The van der Waals surface area contributed by atoms with Gasteiger partial charge >= 0.3 is 12.0 Å². The van der Waals surface area contributed by atoms with Gasteiger partial charge in [0.15, 0.2) is 6.04 Å². The Morgan fingerprint density at radius 3 is 2.68 bits per heavy atom. The van der Waals surface area contributed by atoms with Crippen molar-refractivity contribution in [3.05, 3.63) is 22.4 Å². The second-order valence-electron chi connectivity index (χ2n) is 4.26. The van der Waals surface area contributed by atoms with Crippen LogP contribution in [0.4, 0.5) is 4.79 Å². The molecule has 0 radical (unpaired) electrons. The summed E-state index contributed by atoms with van der Waals surface area (Å²) in [7, 11) is 1.59. The van der Waals surface area contributed by atoms with Crippen LogP contribution < -0.4 is 5.32 Å². The number of amides is 2. The first-order valence-corrected chi connectivity index (χ1v) is 6.74. The number of nitrogens with zero attached hydrogens (tertiary/aromatic N) is 1. The number of urea groups is 1. The monoisotopic (exact) mass is 286 g/mol. The van der Waals surface area contributed by atoms with E-state index >= 15 is 0 Å². The number of hydrogen-bond acceptors (Lipinski definition) is 4. The summed E-state index contributed by atoms with van der Waals surface area (Å²) in [5, 5.41) is 22.4. The van der Waals surface area contributed by atoms with Gasteiger partial charge in [-0.05, 0) is 24.8 Å². The molecule has 6 nitrogen and oxygen atoms in total. The standard InChI is InChI=1S/C12H18N2O4S/c1-8(15)10(11(16)17)13-12(18)14(2)6-5-9-4-3-7-19-9/h3-4,7-8,10,15H,5-6H2,1-2H3,(H,13,18)(H,16,17). The Kier molecular flexibility index (Phi) is 5.78. The highest BCUT2D eigenvalue weighted by Crippen LogP contribution is 2.09. The van der Waals surface area contributed by atoms with E-state index in [2.05, 4.69) is 5.32 Å². The van der Waals surface area contributed by atoms with Crippen molar-refractivity contribution in [2.45, 2.75) is 25.5 Å². The number of rotatable bonds is 6. The third-order valence-corrected chi connectivity index (χ3v) is 3.58. The van der Waals surface area contributed by atoms with Crippen molar-refractivity contribution in [3.8, 4) is 0 Å². The maximum absolute atomic E-state index is 11.8. The molecule has 19 heavy (non-hydrogen) atoms. The molecule has 1 rings (SSSR count). The number of carboxylic acids is 1. The number of thiophene rings is 1. The zero-order valence-corrected chi connectivity index (χ0v) is 11.7. The van der Waals surface area contributed by atoms with Gasteiger partial charge in [0.1, 0.15) is 0 Å². The number of aliphatic hydroxyl groups is 1. The fourth-order valence-corrected chi connectivity index (χ4v) is 2.16. The Labute approximate surface area is 115 Å². The van der Waals surface area contributed by atoms with E-state index in [1.54, 1.807) is 18.4 Å². The van der Waals surface area contributed by atoms with Crippen molar-refractivity contribution in [2.75, 3.05) is 13.6 Å². The maximum atomic E-state index is 11.8. The van der Waals surface area contributed by atoms with E-state index in [9.17, 15) is 14.7 Å². The van der Waals surface area contributed by atoms with Crippen molar-refractivity contribution in [2.24, 2.45) is 0 Å². The van der Waals surface area contributed by atoms with Crippen molar-refractivity contribution in [1.82, 2.24) is 10.2 Å². The lowest BCUT2D eigenvalue weighted by Crippen LogP contribution is -2.51. The van der Waals surface area contributed by atoms with Crippen LogP contribution in [0, 0.1) is 0 Å². The van der Waals surface area contributed by atoms with Gasteiger partial charge in [0.25, 0.3) is 0 Å². The minimum atomic E-state index is -1.29. The van der Waals surface area contributed by atoms with Crippen LogP contribution >= 0.6 is 11.3 Å². The van der Waals surface area contributed by atoms with E-state index in [1.807, 2.05) is 17.5 Å². The van der Waals surface area contributed by atoms with Gasteiger partial charge < -0.3 is 20.4 Å². The van der Waals surface area contributed by atoms with Crippen molar-refractivity contribution in [1.29, 1.82) is 0 Å². The lowest BCUT2D eigenvalue weighted by molar-refractivity contribution is -0.141. The molecule has 3 N–H and O–H groups in total. The first-order valence-electron chi connectivity index (χ1n) is 5.86. The van der Waals surface area contributed by atoms with Crippen LogP contribution in [0.3, 0.4) is 0 Å². The summed E-state index contributed by atoms with van der Waals surface area (Å²) in [5.41, 5.74) is 0. The molecule has 0 bridgehead atoms. The number of hydrogen-bond donors (Lipinski definition) is 3. The molecule has 2 amide bonds. The second-order valence-corrected chi connectivity index (χ2v) is 5.29. The summed E-state index contributed by atoms with van der Waals surface area (Å²) in [6, 6.07) is 2.11. The molecule has 0 aromatic carbocycles. The first-order chi connectivity index (χ1) is 8.91. The molecule has 106 valence electrons. The number of likely N-dealkylation sites (N-methyl/N-ethyl adjacent to an activating group) is 1. The topological polar surface area (TPSA) is 89.9 Å². The van der Waals surface area contributed by atoms with Gasteiger partial charge in [-0.25, -0.2) is 9.59 Å². The third-order valence-electron chi connectivity index (χ3n) is 2.65. The van der Waals surface area contributed by atoms with Gasteiger partial charge in [-0.2, -0.15) is 0 Å². The Bertz CT molecular complexity index is 419. The van der Waals surface area contributed by atoms with Crippen molar-refractivity contribution < 1.29 is 19.8 Å². The molecule has 0 aliphatic rings. The van der Waals surface area contributed by atoms with Crippen LogP contribution in [0.2, 0.25) is 0 Å². The van der Waals surface area contributed by atoms with Gasteiger partial charge in [0.05, 0.1) is 6.10 Å². The van der Waals surface area contributed by atoms with Crippen LogP contribution in [-0.2, 0) is 11.2 Å². The van der Waals surface area contributed by atoms with Gasteiger partial charge in [-0.1, -0.05) is 6.07 Å². The number of aliphatic carboxylic acids is 1. The Morgan fingerprint density at radius 2 is 2.21 bits per heavy atom. The van der Waals surface area contributed by atoms with E-state index in [4.69, 9.17) is 5.11 Å². The van der Waals surface area contributed by atoms with Gasteiger partial charge in [-0.15, -0.1) is 11.3 Å². The number of carbonyl (C=O) groups is 2. The highest BCUT2D eigenvalue weighted by atomic mass is 32.1. The molecule has 0 spiro atoms. The second kappa shape index (κ2) is 7.10. The summed E-state index contributed by atoms with van der Waals surface area (Å²) in [6.07, 6.45) is -0.430. The zero-order valence-electron chi connectivity index (χ0n) is 10.9. The van der Waals surface area contributed by atoms with Crippen LogP contribution in [-0.4, -0.2) is 52.9 Å². The average Bonchev–Trinajstić information content (AvgIpc) is 2.84. The van der Waals surface area contributed by atoms with E-state index in [1.165, 1.54) is 11.8 Å². The molecule has 0 saturated carbocycles. The summed E-state index contributed by atoms with van der Waals surface area (Å²) >= 11 is 1.61. The predicted molar refractivity (Wildman–Crippen MR) is 72.3 cm³/mol. The molecule has 1 aromatic heterocycles. The molecule has 0 aliphatic heterocycles. The predicted octanol–water partition coefficient (Wildman–Crippen LogP) is 0.766. The molecular weight excluding hydrogens is 268 g/mol. The van der Waals surface area contributed by atoms with Crippen LogP contribution in [0.1, 0.15) is 11.8 Å². The minimum absolute atomic E-state index is 0.485. The van der Waals surface area contributed by atoms with Crippen LogP contribution in [0.5, 0.6) is 0 Å². The molecule has 0 aliphatic carbocycles. The Morgan fingerprint density at radius 1 is 1.53 bits per heavy atom. The Hall–Kier alpha value is -1.60. The SMILES string of the molecule is CC(O)C(NC(=O)N(C)CCc1cccs1)C(=O)O. The quantitative estimate of drug-likeness (QED) is 0.720. The zero-order chi connectivity index (χ0) is 14.4. The largest absolute Gasteiger partial charge is 0.480 e. The maximum Gasteiger partial charge on any atom is 0.328 e. The average molecular weight is 286 g/mol. The lowest BCUT2D eigenvalue weighted by Gasteiger charge is -2.22. The molecule has 0 fully saturated rings. The van der Waals surface area contributed by atoms with Crippen molar-refractivity contribution in [3.63, 3.8) is 0 Å². The molecule has 1 aromatic rings. The normalized spacial score (nSPS) is 13.6. The summed E-state index contributed by atoms with van der Waals surface area (Å²) in [5.74, 6) is -1.25. The van der Waals surface area contributed by atoms with E-state index in [0.717, 1.165) is 4.88 Å². The fourth-order valence-electron chi connectivity index (χ4n) is 1.47. The molecule has 2 unspecified atom stereocenters. The first kappa shape index (κ1) is 15.5. The number of nitrogens with one attached hydrogen (secondary N) is 1.